The molecule has 0 aromatic carbocycles. The van der Waals surface area contributed by atoms with Crippen LogP contribution in [-0.4, -0.2) is 30.9 Å². The van der Waals surface area contributed by atoms with Gasteiger partial charge in [-0.3, -0.25) is 4.79 Å². The third kappa shape index (κ3) is 2.89. The molecule has 3 heteroatoms. The first-order valence-electron chi connectivity index (χ1n) is 3.97. The quantitative estimate of drug-likeness (QED) is 0.648. The minimum absolute atomic E-state index is 0.0133. The minimum atomic E-state index is -0.338. The maximum absolute atomic E-state index is 11.2. The highest BCUT2D eigenvalue weighted by Gasteiger charge is 2.20. The number of rotatable bonds is 3. The lowest BCUT2D eigenvalue weighted by Gasteiger charge is -2.21. The zero-order valence-electron chi connectivity index (χ0n) is 7.79. The molecule has 0 aliphatic heterocycles. The predicted molar refractivity (Wildman–Crippen MR) is 46.1 cm³/mol. The van der Waals surface area contributed by atoms with Crippen LogP contribution in [0.15, 0.2) is 0 Å². The third-order valence-corrected chi connectivity index (χ3v) is 1.98. The van der Waals surface area contributed by atoms with Gasteiger partial charge >= 0.3 is 0 Å². The Morgan fingerprint density at radius 2 is 2.00 bits per heavy atom. The van der Waals surface area contributed by atoms with Crippen LogP contribution in [0.3, 0.4) is 0 Å². The Kier molecular flexibility index (Phi) is 4.11. The summed E-state index contributed by atoms with van der Waals surface area (Å²) in [6, 6.07) is -0.338. The van der Waals surface area contributed by atoms with Crippen molar-refractivity contribution >= 4 is 5.91 Å². The molecule has 0 rings (SSSR count). The van der Waals surface area contributed by atoms with Gasteiger partial charge in [-0.1, -0.05) is 20.3 Å². The van der Waals surface area contributed by atoms with Gasteiger partial charge in [0, 0.05) is 14.1 Å². The summed E-state index contributed by atoms with van der Waals surface area (Å²) in [6.45, 7) is 4.03. The molecule has 0 aliphatic rings. The van der Waals surface area contributed by atoms with E-state index >= 15 is 0 Å². The van der Waals surface area contributed by atoms with Crippen molar-refractivity contribution in [3.63, 3.8) is 0 Å². The van der Waals surface area contributed by atoms with Crippen LogP contribution < -0.4 is 5.73 Å². The van der Waals surface area contributed by atoms with Crippen molar-refractivity contribution < 1.29 is 4.79 Å². The number of likely N-dealkylation sites (N-methyl/N-ethyl adjacent to an activating group) is 1. The molecule has 2 N–H and O–H groups in total. The molecule has 0 fully saturated rings. The first-order chi connectivity index (χ1) is 5.00. The predicted octanol–water partition coefficient (Wildman–Crippen LogP) is 0.448. The molecule has 2 unspecified atom stereocenters. The van der Waals surface area contributed by atoms with E-state index in [9.17, 15) is 4.79 Å². The number of carbonyl (C=O) groups excluding carboxylic acids is 1. The Morgan fingerprint density at radius 3 is 2.27 bits per heavy atom. The number of hydrogen-bond donors (Lipinski definition) is 1. The summed E-state index contributed by atoms with van der Waals surface area (Å²) in [5, 5.41) is 0. The van der Waals surface area contributed by atoms with E-state index in [1.807, 2.05) is 13.8 Å². The molecule has 11 heavy (non-hydrogen) atoms. The second kappa shape index (κ2) is 4.34. The van der Waals surface area contributed by atoms with E-state index in [4.69, 9.17) is 5.73 Å². The number of amides is 1. The van der Waals surface area contributed by atoms with Gasteiger partial charge in [0.1, 0.15) is 0 Å². The van der Waals surface area contributed by atoms with Gasteiger partial charge < -0.3 is 10.6 Å². The van der Waals surface area contributed by atoms with Crippen LogP contribution in [0.25, 0.3) is 0 Å². The summed E-state index contributed by atoms with van der Waals surface area (Å²) in [5.74, 6) is 0.282. The van der Waals surface area contributed by atoms with Crippen molar-refractivity contribution in [3.8, 4) is 0 Å². The molecule has 0 heterocycles. The molecule has 0 aromatic heterocycles. The van der Waals surface area contributed by atoms with Crippen LogP contribution in [0.1, 0.15) is 20.3 Å². The second-order valence-electron chi connectivity index (χ2n) is 3.14. The largest absolute Gasteiger partial charge is 0.347 e. The van der Waals surface area contributed by atoms with Gasteiger partial charge in [0.25, 0.3) is 0 Å². The van der Waals surface area contributed by atoms with Gasteiger partial charge in [0.15, 0.2) is 0 Å². The molecule has 66 valence electrons. The first kappa shape index (κ1) is 10.4. The van der Waals surface area contributed by atoms with Gasteiger partial charge in [0.05, 0.1) is 6.04 Å². The molecule has 0 saturated heterocycles. The Bertz CT molecular complexity index is 134. The van der Waals surface area contributed by atoms with Gasteiger partial charge in [0.2, 0.25) is 5.91 Å². The van der Waals surface area contributed by atoms with Gasteiger partial charge in [-0.25, -0.2) is 0 Å². The van der Waals surface area contributed by atoms with E-state index < -0.39 is 0 Å². The average Bonchev–Trinajstić information content (AvgIpc) is 2.00. The standard InChI is InChI=1S/C8H18N2O/c1-5-6(2)7(9)8(11)10(3)4/h6-7H,5,9H2,1-4H3. The fraction of sp³-hybridized carbons (Fsp3) is 0.875. The number of nitrogens with zero attached hydrogens (tertiary/aromatic N) is 1. The topological polar surface area (TPSA) is 46.3 Å². The van der Waals surface area contributed by atoms with Crippen molar-refractivity contribution in [1.29, 1.82) is 0 Å². The molecule has 0 aliphatic carbocycles. The SMILES string of the molecule is CCC(C)C(N)C(=O)N(C)C. The Balaban J connectivity index is 4.02. The van der Waals surface area contributed by atoms with E-state index in [1.54, 1.807) is 14.1 Å². The molecule has 0 aromatic rings. The van der Waals surface area contributed by atoms with Crippen LogP contribution in [-0.2, 0) is 4.79 Å². The molecule has 3 nitrogen and oxygen atoms in total. The lowest BCUT2D eigenvalue weighted by molar-refractivity contribution is -0.131. The second-order valence-corrected chi connectivity index (χ2v) is 3.14. The van der Waals surface area contributed by atoms with E-state index in [2.05, 4.69) is 0 Å². The van der Waals surface area contributed by atoms with Crippen molar-refractivity contribution in [2.24, 2.45) is 11.7 Å². The Hall–Kier alpha value is -0.570. The minimum Gasteiger partial charge on any atom is -0.347 e. The molecule has 2 atom stereocenters. The molecule has 1 amide bonds. The zero-order chi connectivity index (χ0) is 9.02. The number of hydrogen-bond acceptors (Lipinski definition) is 2. The normalized spacial score (nSPS) is 15.7. The van der Waals surface area contributed by atoms with E-state index in [-0.39, 0.29) is 17.9 Å². The fourth-order valence-electron chi connectivity index (χ4n) is 0.795. The Labute approximate surface area is 68.6 Å². The van der Waals surface area contributed by atoms with Crippen LogP contribution >= 0.6 is 0 Å². The molecule has 0 radical (unpaired) electrons. The third-order valence-electron chi connectivity index (χ3n) is 1.98. The monoisotopic (exact) mass is 158 g/mol. The van der Waals surface area contributed by atoms with Gasteiger partial charge in [-0.15, -0.1) is 0 Å². The van der Waals surface area contributed by atoms with Crippen molar-refractivity contribution in [1.82, 2.24) is 4.90 Å². The van der Waals surface area contributed by atoms with Crippen molar-refractivity contribution in [2.75, 3.05) is 14.1 Å². The first-order valence-corrected chi connectivity index (χ1v) is 3.97. The summed E-state index contributed by atoms with van der Waals surface area (Å²) in [6.07, 6.45) is 0.945. The van der Waals surface area contributed by atoms with E-state index in [0.717, 1.165) is 6.42 Å². The summed E-state index contributed by atoms with van der Waals surface area (Å²) in [4.78, 5) is 12.8. The lowest BCUT2D eigenvalue weighted by Crippen LogP contribution is -2.43. The highest BCUT2D eigenvalue weighted by atomic mass is 16.2. The Morgan fingerprint density at radius 1 is 1.55 bits per heavy atom. The average molecular weight is 158 g/mol. The summed E-state index contributed by atoms with van der Waals surface area (Å²) >= 11 is 0. The molecular weight excluding hydrogens is 140 g/mol. The van der Waals surface area contributed by atoms with Crippen molar-refractivity contribution in [2.45, 2.75) is 26.3 Å². The maximum Gasteiger partial charge on any atom is 0.239 e. The number of nitrogens with two attached hydrogens (primary N) is 1. The van der Waals surface area contributed by atoms with Crippen LogP contribution in [0.5, 0.6) is 0 Å². The van der Waals surface area contributed by atoms with Crippen LogP contribution in [0.4, 0.5) is 0 Å². The molecular formula is C8H18N2O. The highest BCUT2D eigenvalue weighted by molar-refractivity contribution is 5.81. The van der Waals surface area contributed by atoms with E-state index in [1.165, 1.54) is 4.90 Å². The number of carbonyl (C=O) groups is 1. The van der Waals surface area contributed by atoms with Crippen molar-refractivity contribution in [3.05, 3.63) is 0 Å². The fourth-order valence-corrected chi connectivity index (χ4v) is 0.795. The van der Waals surface area contributed by atoms with Crippen LogP contribution in [0.2, 0.25) is 0 Å². The lowest BCUT2D eigenvalue weighted by atomic mass is 9.99. The van der Waals surface area contributed by atoms with E-state index in [0.29, 0.717) is 0 Å². The van der Waals surface area contributed by atoms with Crippen LogP contribution in [0, 0.1) is 5.92 Å². The molecule has 0 bridgehead atoms. The molecule has 0 spiro atoms. The summed E-state index contributed by atoms with van der Waals surface area (Å²) < 4.78 is 0. The summed E-state index contributed by atoms with van der Waals surface area (Å²) in [7, 11) is 3.45. The summed E-state index contributed by atoms with van der Waals surface area (Å²) in [5.41, 5.74) is 5.68. The smallest absolute Gasteiger partial charge is 0.239 e. The van der Waals surface area contributed by atoms with Gasteiger partial charge in [-0.05, 0) is 5.92 Å². The zero-order valence-corrected chi connectivity index (χ0v) is 7.79. The molecule has 0 saturated carbocycles. The maximum atomic E-state index is 11.2. The highest BCUT2D eigenvalue weighted by Crippen LogP contribution is 2.06. The van der Waals surface area contributed by atoms with Gasteiger partial charge in [-0.2, -0.15) is 0 Å².